The molecule has 0 aliphatic rings. The topological polar surface area (TPSA) is 75.1 Å². The molecular formula is C16H16N2O3. The molecule has 0 saturated carbocycles. The van der Waals surface area contributed by atoms with Crippen molar-refractivity contribution in [2.24, 2.45) is 0 Å². The van der Waals surface area contributed by atoms with Crippen molar-refractivity contribution in [2.45, 2.75) is 13.3 Å². The number of aromatic nitrogens is 1. The average Bonchev–Trinajstić information content (AvgIpc) is 2.50. The van der Waals surface area contributed by atoms with Gasteiger partial charge in [-0.05, 0) is 36.2 Å². The van der Waals surface area contributed by atoms with Gasteiger partial charge in [-0.2, -0.15) is 5.26 Å². The van der Waals surface area contributed by atoms with E-state index >= 15 is 0 Å². The van der Waals surface area contributed by atoms with Crippen LogP contribution in [0.1, 0.15) is 22.3 Å². The van der Waals surface area contributed by atoms with Crippen LogP contribution < -0.4 is 15.0 Å². The predicted molar refractivity (Wildman–Crippen MR) is 78.9 cm³/mol. The molecule has 1 aromatic carbocycles. The van der Waals surface area contributed by atoms with Gasteiger partial charge in [-0.25, -0.2) is 0 Å². The Bertz CT molecular complexity index is 757. The molecule has 2 rings (SSSR count). The fourth-order valence-corrected chi connectivity index (χ4v) is 2.21. The van der Waals surface area contributed by atoms with E-state index in [-0.39, 0.29) is 11.1 Å². The molecule has 21 heavy (non-hydrogen) atoms. The first-order valence-electron chi connectivity index (χ1n) is 6.42. The number of H-pyrrole nitrogens is 1. The van der Waals surface area contributed by atoms with Crippen molar-refractivity contribution in [3.05, 3.63) is 57.0 Å². The molecule has 0 fully saturated rings. The summed E-state index contributed by atoms with van der Waals surface area (Å²) in [7, 11) is 3.20. The number of aromatic amines is 1. The molecule has 0 atom stereocenters. The summed E-state index contributed by atoms with van der Waals surface area (Å²) in [5.41, 5.74) is 2.27. The lowest BCUT2D eigenvalue weighted by Crippen LogP contribution is -2.13. The van der Waals surface area contributed by atoms with Gasteiger partial charge in [0.15, 0.2) is 0 Å². The summed E-state index contributed by atoms with van der Waals surface area (Å²) in [4.78, 5) is 14.2. The van der Waals surface area contributed by atoms with Crippen LogP contribution in [0.25, 0.3) is 0 Å². The number of nitrogens with zero attached hydrogens (tertiary/aromatic N) is 1. The number of hydrogen-bond acceptors (Lipinski definition) is 4. The number of benzene rings is 1. The summed E-state index contributed by atoms with van der Waals surface area (Å²) in [6.07, 6.45) is 2.18. The second-order valence-electron chi connectivity index (χ2n) is 4.61. The van der Waals surface area contributed by atoms with Crippen LogP contribution in [0, 0.1) is 18.3 Å². The van der Waals surface area contributed by atoms with Gasteiger partial charge >= 0.3 is 0 Å². The van der Waals surface area contributed by atoms with Gasteiger partial charge < -0.3 is 14.5 Å². The summed E-state index contributed by atoms with van der Waals surface area (Å²) >= 11 is 0. The molecule has 0 amide bonds. The maximum Gasteiger partial charge on any atom is 0.266 e. The number of ether oxygens (including phenoxy) is 2. The van der Waals surface area contributed by atoms with Crippen molar-refractivity contribution in [1.82, 2.24) is 4.98 Å². The summed E-state index contributed by atoms with van der Waals surface area (Å²) in [6.45, 7) is 1.77. The smallest absolute Gasteiger partial charge is 0.266 e. The highest BCUT2D eigenvalue weighted by Gasteiger charge is 2.12. The highest BCUT2D eigenvalue weighted by molar-refractivity contribution is 5.46. The molecule has 108 valence electrons. The van der Waals surface area contributed by atoms with E-state index in [0.29, 0.717) is 12.0 Å². The average molecular weight is 284 g/mol. The first kappa shape index (κ1) is 14.7. The molecule has 0 aliphatic carbocycles. The second kappa shape index (κ2) is 6.14. The third kappa shape index (κ3) is 2.90. The third-order valence-electron chi connectivity index (χ3n) is 3.44. The Morgan fingerprint density at radius 3 is 2.62 bits per heavy atom. The molecule has 1 aromatic heterocycles. The minimum absolute atomic E-state index is 0.148. The van der Waals surface area contributed by atoms with Gasteiger partial charge in [0, 0.05) is 18.2 Å². The fourth-order valence-electron chi connectivity index (χ4n) is 2.21. The molecule has 0 saturated heterocycles. The lowest BCUT2D eigenvalue weighted by atomic mass is 9.99. The van der Waals surface area contributed by atoms with E-state index in [1.54, 1.807) is 27.3 Å². The third-order valence-corrected chi connectivity index (χ3v) is 3.44. The second-order valence-corrected chi connectivity index (χ2v) is 4.61. The zero-order chi connectivity index (χ0) is 15.4. The van der Waals surface area contributed by atoms with Gasteiger partial charge in [0.25, 0.3) is 5.56 Å². The zero-order valence-corrected chi connectivity index (χ0v) is 12.2. The fraction of sp³-hybridized carbons (Fsp3) is 0.250. The summed E-state index contributed by atoms with van der Waals surface area (Å²) in [5, 5.41) is 9.06. The van der Waals surface area contributed by atoms with Crippen LogP contribution in [0.5, 0.6) is 11.5 Å². The van der Waals surface area contributed by atoms with Crippen molar-refractivity contribution in [1.29, 1.82) is 5.26 Å². The van der Waals surface area contributed by atoms with Crippen LogP contribution in [0.15, 0.2) is 29.2 Å². The van der Waals surface area contributed by atoms with Gasteiger partial charge in [0.05, 0.1) is 14.2 Å². The Hall–Kier alpha value is -2.74. The molecule has 5 nitrogen and oxygen atoms in total. The van der Waals surface area contributed by atoms with Crippen LogP contribution in [0.3, 0.4) is 0 Å². The molecule has 0 unspecified atom stereocenters. The monoisotopic (exact) mass is 284 g/mol. The Balaban J connectivity index is 2.48. The molecule has 0 spiro atoms. The Morgan fingerprint density at radius 1 is 1.24 bits per heavy atom. The lowest BCUT2D eigenvalue weighted by molar-refractivity contribution is 0.399. The van der Waals surface area contributed by atoms with E-state index in [4.69, 9.17) is 14.7 Å². The SMILES string of the molecule is COc1ccc(OC)c(Cc2c[nH]c(=O)c(C#N)c2C)c1. The minimum atomic E-state index is -0.364. The van der Waals surface area contributed by atoms with Gasteiger partial charge in [-0.15, -0.1) is 0 Å². The van der Waals surface area contributed by atoms with Crippen LogP contribution in [-0.4, -0.2) is 19.2 Å². The Morgan fingerprint density at radius 2 is 2.00 bits per heavy atom. The van der Waals surface area contributed by atoms with E-state index in [1.165, 1.54) is 0 Å². The summed E-state index contributed by atoms with van der Waals surface area (Å²) < 4.78 is 10.6. The van der Waals surface area contributed by atoms with Gasteiger partial charge in [-0.1, -0.05) is 0 Å². The maximum atomic E-state index is 11.6. The number of pyridine rings is 1. The van der Waals surface area contributed by atoms with Crippen molar-refractivity contribution >= 4 is 0 Å². The van der Waals surface area contributed by atoms with E-state index in [9.17, 15) is 4.79 Å². The van der Waals surface area contributed by atoms with Gasteiger partial charge in [0.1, 0.15) is 23.1 Å². The zero-order valence-electron chi connectivity index (χ0n) is 12.2. The number of nitrogens with one attached hydrogen (secondary N) is 1. The molecule has 1 N–H and O–H groups in total. The Kier molecular flexibility index (Phi) is 4.29. The van der Waals surface area contributed by atoms with Crippen LogP contribution in [0.4, 0.5) is 0 Å². The number of hydrogen-bond donors (Lipinski definition) is 1. The highest BCUT2D eigenvalue weighted by Crippen LogP contribution is 2.27. The molecule has 0 radical (unpaired) electrons. The molecule has 5 heteroatoms. The molecular weight excluding hydrogens is 268 g/mol. The molecule has 0 bridgehead atoms. The first-order valence-corrected chi connectivity index (χ1v) is 6.42. The van der Waals surface area contributed by atoms with Crippen LogP contribution in [-0.2, 0) is 6.42 Å². The quantitative estimate of drug-likeness (QED) is 0.933. The van der Waals surface area contributed by atoms with Crippen LogP contribution in [0.2, 0.25) is 0 Å². The largest absolute Gasteiger partial charge is 0.497 e. The first-order chi connectivity index (χ1) is 10.1. The maximum absolute atomic E-state index is 11.6. The normalized spacial score (nSPS) is 10.0. The van der Waals surface area contributed by atoms with E-state index in [2.05, 4.69) is 4.98 Å². The summed E-state index contributed by atoms with van der Waals surface area (Å²) in [5.74, 6) is 1.47. The standard InChI is InChI=1S/C16H16N2O3/c1-10-12(9-18-16(19)14(10)8-17)6-11-7-13(20-2)4-5-15(11)21-3/h4-5,7,9H,6H2,1-3H3,(H,18,19). The lowest BCUT2D eigenvalue weighted by Gasteiger charge is -2.12. The van der Waals surface area contributed by atoms with Gasteiger partial charge in [-0.3, -0.25) is 4.79 Å². The molecule has 0 aliphatic heterocycles. The van der Waals surface area contributed by atoms with E-state index in [0.717, 1.165) is 22.6 Å². The number of nitriles is 1. The van der Waals surface area contributed by atoms with Crippen molar-refractivity contribution in [2.75, 3.05) is 14.2 Å². The van der Waals surface area contributed by atoms with Crippen molar-refractivity contribution in [3.63, 3.8) is 0 Å². The predicted octanol–water partition coefficient (Wildman–Crippen LogP) is 2.16. The van der Waals surface area contributed by atoms with Gasteiger partial charge in [0.2, 0.25) is 0 Å². The highest BCUT2D eigenvalue weighted by atomic mass is 16.5. The van der Waals surface area contributed by atoms with E-state index < -0.39 is 0 Å². The summed E-state index contributed by atoms with van der Waals surface area (Å²) in [6, 6.07) is 7.48. The Labute approximate surface area is 122 Å². The van der Waals surface area contributed by atoms with Crippen molar-refractivity contribution in [3.8, 4) is 17.6 Å². The van der Waals surface area contributed by atoms with E-state index in [1.807, 2.05) is 24.3 Å². The number of methoxy groups -OCH3 is 2. The molecule has 1 heterocycles. The van der Waals surface area contributed by atoms with Crippen molar-refractivity contribution < 1.29 is 9.47 Å². The minimum Gasteiger partial charge on any atom is -0.497 e. The molecule has 2 aromatic rings. The number of rotatable bonds is 4. The van der Waals surface area contributed by atoms with Crippen LogP contribution >= 0.6 is 0 Å².